The second-order valence-electron chi connectivity index (χ2n) is 4.75. The fourth-order valence-electron chi connectivity index (χ4n) is 1.41. The molecule has 0 atom stereocenters. The smallest absolute Gasteiger partial charge is 0.870 e. The molecule has 3 aromatic heterocycles. The van der Waals surface area contributed by atoms with Crippen LogP contribution in [0.15, 0.2) is 0 Å². The van der Waals surface area contributed by atoms with Crippen molar-refractivity contribution in [2.45, 2.75) is 6.92 Å². The van der Waals surface area contributed by atoms with Crippen molar-refractivity contribution in [2.75, 3.05) is 45.6 Å². The van der Waals surface area contributed by atoms with Crippen LogP contribution < -0.4 is 75.1 Å². The number of nitrogens with one attached hydrogen (secondary N) is 2. The Balaban J connectivity index is 0.000000714. The van der Waals surface area contributed by atoms with Gasteiger partial charge in [0.25, 0.3) is 0 Å². The predicted molar refractivity (Wildman–Crippen MR) is 94.9 cm³/mol. The molecule has 3 aromatic rings. The summed E-state index contributed by atoms with van der Waals surface area (Å²) in [4.78, 5) is -0.616. The van der Waals surface area contributed by atoms with Crippen molar-refractivity contribution in [2.24, 2.45) is 0 Å². The van der Waals surface area contributed by atoms with Crippen LogP contribution in [0.2, 0.25) is 0 Å². The number of hydrazine groups is 2. The van der Waals surface area contributed by atoms with E-state index in [4.69, 9.17) is 34.7 Å². The molecule has 160 valence electrons. The van der Waals surface area contributed by atoms with Gasteiger partial charge in [-0.05, 0) is 6.92 Å². The predicted octanol–water partition coefficient (Wildman–Crippen LogP) is -8.00. The minimum atomic E-state index is -0.308. The van der Waals surface area contributed by atoms with Gasteiger partial charge in [0.1, 0.15) is 0 Å². The van der Waals surface area contributed by atoms with Gasteiger partial charge in [-0.15, -0.1) is 20.4 Å². The van der Waals surface area contributed by atoms with Crippen molar-refractivity contribution < 1.29 is 45.0 Å². The summed E-state index contributed by atoms with van der Waals surface area (Å²) in [6, 6.07) is 0. The molecule has 30 heavy (non-hydrogen) atoms. The fourth-order valence-corrected chi connectivity index (χ4v) is 1.41. The zero-order chi connectivity index (χ0) is 21.0. The van der Waals surface area contributed by atoms with Gasteiger partial charge in [0.15, 0.2) is 5.82 Å². The number of anilines is 5. The maximum absolute atomic E-state index is 11.4. The van der Waals surface area contributed by atoms with Gasteiger partial charge in [0.05, 0.1) is 9.94 Å². The molecule has 3 heterocycles. The van der Waals surface area contributed by atoms with Crippen molar-refractivity contribution in [3.8, 4) is 0 Å². The summed E-state index contributed by atoms with van der Waals surface area (Å²) in [5, 5.41) is 43.5. The molecule has 0 aliphatic heterocycles. The van der Waals surface area contributed by atoms with Crippen LogP contribution in [-0.4, -0.2) is 60.0 Å². The van der Waals surface area contributed by atoms with Crippen LogP contribution in [0.5, 0.6) is 0 Å². The number of nitrogens with two attached hydrogens (primary N) is 6. The van der Waals surface area contributed by atoms with Gasteiger partial charge >= 0.3 is 41.5 Å². The average Bonchev–Trinajstić information content (AvgIpc) is 3.26. The Morgan fingerprint density at radius 2 is 1.03 bits per heavy atom. The van der Waals surface area contributed by atoms with Crippen molar-refractivity contribution in [3.63, 3.8) is 0 Å². The van der Waals surface area contributed by atoms with Crippen LogP contribution in [0.4, 0.5) is 29.7 Å². The standard InChI is InChI=1S/C4H10N14O2.C3H7N5.Na.H2O/c5-1-9-11-3(15(1)7)13-17(19)18(20)14-4-12-10-2(6)16(4)8;1-2-6-7-3(4)8(2)5;;/h7-8H2,(H2,5,9)(H2,6,10)(H,11,13)(H,12,14);5H2,1H3,(H2,4,7);;1H2/q;;+1;/p-1/b18-17+;;;. The van der Waals surface area contributed by atoms with Crippen LogP contribution in [-0.2, 0) is 0 Å². The number of nitrogens with zero attached hydrogens (tertiary/aromatic N) is 11. The average molecular weight is 439 g/mol. The third-order valence-electron chi connectivity index (χ3n) is 2.89. The van der Waals surface area contributed by atoms with Crippen molar-refractivity contribution in [3.05, 3.63) is 16.2 Å². The molecular weight excluding hydrogens is 421 g/mol. The summed E-state index contributed by atoms with van der Waals surface area (Å²) in [6.07, 6.45) is 0. The summed E-state index contributed by atoms with van der Waals surface area (Å²) in [7, 11) is 0. The van der Waals surface area contributed by atoms with E-state index in [2.05, 4.69) is 30.6 Å². The first-order valence-electron chi connectivity index (χ1n) is 6.94. The molecule has 0 unspecified atom stereocenters. The molecule has 0 aromatic carbocycles. The molecule has 0 fully saturated rings. The van der Waals surface area contributed by atoms with Gasteiger partial charge in [-0.2, -0.15) is 9.35 Å². The molecule has 0 bridgehead atoms. The summed E-state index contributed by atoms with van der Waals surface area (Å²) >= 11 is 0. The van der Waals surface area contributed by atoms with E-state index in [0.717, 1.165) is 9.35 Å². The fraction of sp³-hybridized carbons (Fsp3) is 0.143. The quantitative estimate of drug-likeness (QED) is 0.0614. The third kappa shape index (κ3) is 5.74. The number of hydrogen-bond acceptors (Lipinski definition) is 15. The molecule has 23 heteroatoms. The summed E-state index contributed by atoms with van der Waals surface area (Å²) in [5.41, 5.74) is 19.7. The normalized spacial score (nSPS) is 10.6. The zero-order valence-electron chi connectivity index (χ0n) is 15.6. The second kappa shape index (κ2) is 10.5. The topological polar surface area (TPSA) is 354 Å². The van der Waals surface area contributed by atoms with E-state index in [9.17, 15) is 10.4 Å². The van der Waals surface area contributed by atoms with Crippen molar-refractivity contribution in [1.29, 1.82) is 0 Å². The number of hydrogen-bond donors (Lipinski definition) is 8. The summed E-state index contributed by atoms with van der Waals surface area (Å²) in [6.45, 7) is 1.73. The number of rotatable bonds is 4. The van der Waals surface area contributed by atoms with Gasteiger partial charge < -0.3 is 50.6 Å². The maximum Gasteiger partial charge on any atom is 1.00 e. The van der Waals surface area contributed by atoms with Crippen LogP contribution in [0.25, 0.3) is 0 Å². The van der Waals surface area contributed by atoms with Gasteiger partial charge in [0.2, 0.25) is 17.8 Å². The van der Waals surface area contributed by atoms with Crippen LogP contribution in [0.3, 0.4) is 0 Å². The SMILES string of the molecule is Cc1nnc(N)n1N.Nc1nnc(N/[N+]([O-])=[N+](\[O-])Nc2nnc(N)n2N)n1N.[Na+].[OH-]. The molecule has 0 saturated heterocycles. The van der Waals surface area contributed by atoms with E-state index in [0.29, 0.717) is 5.82 Å². The Morgan fingerprint density at radius 3 is 1.23 bits per heavy atom. The van der Waals surface area contributed by atoms with Crippen molar-refractivity contribution >= 4 is 29.7 Å². The molecule has 15 N–H and O–H groups in total. The van der Waals surface area contributed by atoms with E-state index in [-0.39, 0.29) is 74.7 Å². The Bertz CT molecular complexity index is 913. The number of aryl methyl sites for hydroxylation is 1. The molecule has 0 aliphatic carbocycles. The first-order valence-corrected chi connectivity index (χ1v) is 6.94. The van der Waals surface area contributed by atoms with Gasteiger partial charge in [0, 0.05) is 0 Å². The molecule has 3 rings (SSSR count). The van der Waals surface area contributed by atoms with E-state index in [1.54, 1.807) is 6.92 Å². The van der Waals surface area contributed by atoms with Gasteiger partial charge in [-0.3, -0.25) is 0 Å². The molecule has 0 radical (unpaired) electrons. The molecule has 0 saturated carbocycles. The third-order valence-corrected chi connectivity index (χ3v) is 2.89. The Labute approximate surface area is 188 Å². The summed E-state index contributed by atoms with van der Waals surface area (Å²) < 4.78 is 2.73. The summed E-state index contributed by atoms with van der Waals surface area (Å²) in [5.74, 6) is 16.0. The molecule has 0 aliphatic rings. The monoisotopic (exact) mass is 439 g/mol. The van der Waals surface area contributed by atoms with E-state index in [1.807, 2.05) is 10.9 Å². The molecule has 0 amide bonds. The Morgan fingerprint density at radius 1 is 0.700 bits per heavy atom. The van der Waals surface area contributed by atoms with Crippen LogP contribution >= 0.6 is 0 Å². The Kier molecular flexibility index (Phi) is 9.10. The largest absolute Gasteiger partial charge is 1.00 e. The molecular formula is C7H18N19NaO3. The molecule has 22 nitrogen and oxygen atoms in total. The van der Waals surface area contributed by atoms with E-state index < -0.39 is 0 Å². The Hall–Kier alpha value is -4.02. The van der Waals surface area contributed by atoms with Gasteiger partial charge in [-0.25, -0.2) is 4.68 Å². The number of nitrogen functional groups attached to an aromatic ring is 6. The van der Waals surface area contributed by atoms with Crippen LogP contribution in [0.1, 0.15) is 5.82 Å². The first-order chi connectivity index (χ1) is 13.1. The van der Waals surface area contributed by atoms with Crippen LogP contribution in [0, 0.1) is 17.3 Å². The minimum absolute atomic E-state index is 0. The maximum atomic E-state index is 11.4. The van der Waals surface area contributed by atoms with Crippen molar-refractivity contribution in [1.82, 2.24) is 44.6 Å². The second-order valence-corrected chi connectivity index (χ2v) is 4.75. The van der Waals surface area contributed by atoms with Gasteiger partial charge in [-0.1, -0.05) is 21.0 Å². The number of aromatic nitrogens is 9. The van der Waals surface area contributed by atoms with E-state index >= 15 is 0 Å². The minimum Gasteiger partial charge on any atom is -0.870 e. The molecule has 0 spiro atoms. The first kappa shape index (κ1) is 26.0. The van der Waals surface area contributed by atoms with E-state index in [1.165, 1.54) is 4.68 Å². The zero-order valence-corrected chi connectivity index (χ0v) is 17.6.